The Labute approximate surface area is 133 Å². The summed E-state index contributed by atoms with van der Waals surface area (Å²) in [5, 5.41) is 11.9. The van der Waals surface area contributed by atoms with Gasteiger partial charge in [-0.15, -0.1) is 0 Å². The summed E-state index contributed by atoms with van der Waals surface area (Å²) in [6, 6.07) is 7.59. The van der Waals surface area contributed by atoms with Crippen LogP contribution >= 0.6 is 11.6 Å². The molecule has 2 rings (SSSR count). The van der Waals surface area contributed by atoms with Crippen LogP contribution in [0.5, 0.6) is 0 Å². The summed E-state index contributed by atoms with van der Waals surface area (Å²) in [5.41, 5.74) is 5.68. The van der Waals surface area contributed by atoms with Gasteiger partial charge >= 0.3 is 0 Å². The van der Waals surface area contributed by atoms with Gasteiger partial charge in [-0.1, -0.05) is 43.6 Å². The normalized spacial score (nSPS) is 29.4. The molecule has 1 aromatic rings. The van der Waals surface area contributed by atoms with Crippen molar-refractivity contribution in [3.63, 3.8) is 0 Å². The Morgan fingerprint density at radius 2 is 1.90 bits per heavy atom. The zero-order valence-electron chi connectivity index (χ0n) is 13.4. The Balaban J connectivity index is 2.30. The first-order chi connectivity index (χ1) is 9.84. The third kappa shape index (κ3) is 2.99. The molecular formula is C18H28ClNO. The van der Waals surface area contributed by atoms with E-state index in [1.54, 1.807) is 0 Å². The van der Waals surface area contributed by atoms with Crippen molar-refractivity contribution in [2.24, 2.45) is 23.0 Å². The molecule has 0 radical (unpaired) electrons. The lowest BCUT2D eigenvalue weighted by atomic mass is 9.59. The topological polar surface area (TPSA) is 46.2 Å². The van der Waals surface area contributed by atoms with E-state index < -0.39 is 5.60 Å². The minimum Gasteiger partial charge on any atom is -0.385 e. The number of benzene rings is 1. The molecule has 1 atom stereocenters. The van der Waals surface area contributed by atoms with E-state index >= 15 is 0 Å². The van der Waals surface area contributed by atoms with E-state index in [1.807, 2.05) is 31.2 Å². The molecule has 3 heteroatoms. The average molecular weight is 310 g/mol. The van der Waals surface area contributed by atoms with Gasteiger partial charge < -0.3 is 10.8 Å². The van der Waals surface area contributed by atoms with Crippen molar-refractivity contribution in [2.75, 3.05) is 6.54 Å². The lowest BCUT2D eigenvalue weighted by molar-refractivity contribution is -0.100. The molecule has 1 aliphatic rings. The molecule has 0 spiro atoms. The molecule has 0 bridgehead atoms. The highest BCUT2D eigenvalue weighted by atomic mass is 35.5. The summed E-state index contributed by atoms with van der Waals surface area (Å²) in [4.78, 5) is 0. The highest BCUT2D eigenvalue weighted by Gasteiger charge is 2.49. The monoisotopic (exact) mass is 309 g/mol. The maximum atomic E-state index is 11.3. The second-order valence-corrected chi connectivity index (χ2v) is 7.53. The zero-order valence-corrected chi connectivity index (χ0v) is 14.2. The van der Waals surface area contributed by atoms with Crippen LogP contribution in [0.25, 0.3) is 0 Å². The summed E-state index contributed by atoms with van der Waals surface area (Å²) >= 11 is 6.33. The fourth-order valence-electron chi connectivity index (χ4n) is 3.89. The number of aliphatic hydroxyl groups is 1. The second-order valence-electron chi connectivity index (χ2n) is 7.12. The zero-order chi connectivity index (χ0) is 15.7. The number of hydrogen-bond donors (Lipinski definition) is 2. The maximum absolute atomic E-state index is 11.3. The highest BCUT2D eigenvalue weighted by molar-refractivity contribution is 6.31. The Morgan fingerprint density at radius 3 is 2.38 bits per heavy atom. The molecule has 1 saturated carbocycles. The minimum absolute atomic E-state index is 0.274. The SMILES string of the molecule is CC(C)C1CCC(CN)(C(C)(O)c2ccccc2Cl)CC1. The van der Waals surface area contributed by atoms with Gasteiger partial charge in [0.1, 0.15) is 0 Å². The first kappa shape index (κ1) is 16.8. The van der Waals surface area contributed by atoms with Crippen LogP contribution in [0.3, 0.4) is 0 Å². The fourth-order valence-corrected chi connectivity index (χ4v) is 4.21. The largest absolute Gasteiger partial charge is 0.385 e. The van der Waals surface area contributed by atoms with Gasteiger partial charge in [-0.3, -0.25) is 0 Å². The minimum atomic E-state index is -0.984. The summed E-state index contributed by atoms with van der Waals surface area (Å²) in [6.45, 7) is 6.95. The van der Waals surface area contributed by atoms with Crippen molar-refractivity contribution in [1.29, 1.82) is 0 Å². The van der Waals surface area contributed by atoms with Crippen molar-refractivity contribution in [3.05, 3.63) is 34.9 Å². The molecule has 0 aliphatic heterocycles. The van der Waals surface area contributed by atoms with Crippen LogP contribution in [0, 0.1) is 17.3 Å². The number of hydrogen-bond acceptors (Lipinski definition) is 2. The van der Waals surface area contributed by atoms with Gasteiger partial charge in [-0.05, 0) is 50.5 Å². The first-order valence-electron chi connectivity index (χ1n) is 8.01. The van der Waals surface area contributed by atoms with E-state index in [0.717, 1.165) is 37.2 Å². The van der Waals surface area contributed by atoms with E-state index in [-0.39, 0.29) is 5.41 Å². The third-order valence-electron chi connectivity index (χ3n) is 5.75. The standard InChI is InChI=1S/C18H28ClNO/c1-13(2)14-8-10-18(12-20,11-9-14)17(3,21)15-6-4-5-7-16(15)19/h4-7,13-14,21H,8-12,20H2,1-3H3. The maximum Gasteiger partial charge on any atom is 0.0950 e. The van der Waals surface area contributed by atoms with Crippen LogP contribution in [0.15, 0.2) is 24.3 Å². The van der Waals surface area contributed by atoms with E-state index in [9.17, 15) is 5.11 Å². The van der Waals surface area contributed by atoms with Crippen molar-refractivity contribution < 1.29 is 5.11 Å². The first-order valence-corrected chi connectivity index (χ1v) is 8.39. The summed E-state index contributed by atoms with van der Waals surface area (Å²) < 4.78 is 0. The van der Waals surface area contributed by atoms with Gasteiger partial charge in [-0.2, -0.15) is 0 Å². The van der Waals surface area contributed by atoms with Gasteiger partial charge in [0.2, 0.25) is 0 Å². The van der Waals surface area contributed by atoms with Gasteiger partial charge in [0.25, 0.3) is 0 Å². The van der Waals surface area contributed by atoms with Gasteiger partial charge in [-0.25, -0.2) is 0 Å². The quantitative estimate of drug-likeness (QED) is 0.869. The third-order valence-corrected chi connectivity index (χ3v) is 6.08. The Morgan fingerprint density at radius 1 is 1.33 bits per heavy atom. The van der Waals surface area contributed by atoms with Crippen LogP contribution in [0.4, 0.5) is 0 Å². The fraction of sp³-hybridized carbons (Fsp3) is 0.667. The average Bonchev–Trinajstić information content (AvgIpc) is 2.47. The Bertz CT molecular complexity index is 476. The molecule has 3 N–H and O–H groups in total. The Kier molecular flexibility index (Phi) is 5.02. The molecule has 21 heavy (non-hydrogen) atoms. The van der Waals surface area contributed by atoms with Crippen LogP contribution in [0.1, 0.15) is 52.0 Å². The molecule has 2 nitrogen and oxygen atoms in total. The Hall–Kier alpha value is -0.570. The molecule has 118 valence electrons. The molecule has 1 fully saturated rings. The molecule has 0 aromatic heterocycles. The van der Waals surface area contributed by atoms with Crippen LogP contribution in [0.2, 0.25) is 5.02 Å². The van der Waals surface area contributed by atoms with Gasteiger partial charge in [0.15, 0.2) is 0 Å². The lowest BCUT2D eigenvalue weighted by Crippen LogP contribution is -2.51. The van der Waals surface area contributed by atoms with E-state index in [2.05, 4.69) is 13.8 Å². The summed E-state index contributed by atoms with van der Waals surface area (Å²) in [7, 11) is 0. The molecule has 0 heterocycles. The van der Waals surface area contributed by atoms with E-state index in [4.69, 9.17) is 17.3 Å². The van der Waals surface area contributed by atoms with E-state index in [1.165, 1.54) is 0 Å². The van der Waals surface area contributed by atoms with Gasteiger partial charge in [0, 0.05) is 22.5 Å². The summed E-state index contributed by atoms with van der Waals surface area (Å²) in [6.07, 6.45) is 4.19. The van der Waals surface area contributed by atoms with Crippen molar-refractivity contribution >= 4 is 11.6 Å². The predicted molar refractivity (Wildman–Crippen MR) is 89.3 cm³/mol. The molecular weight excluding hydrogens is 282 g/mol. The summed E-state index contributed by atoms with van der Waals surface area (Å²) in [5.74, 6) is 1.44. The van der Waals surface area contributed by atoms with Crippen molar-refractivity contribution in [2.45, 2.75) is 52.1 Å². The van der Waals surface area contributed by atoms with Crippen molar-refractivity contribution in [1.82, 2.24) is 0 Å². The lowest BCUT2D eigenvalue weighted by Gasteiger charge is -2.50. The molecule has 0 saturated heterocycles. The number of nitrogens with two attached hydrogens (primary N) is 1. The predicted octanol–water partition coefficient (Wildman–Crippen LogP) is 4.34. The van der Waals surface area contributed by atoms with Gasteiger partial charge in [0.05, 0.1) is 5.60 Å². The molecule has 1 aliphatic carbocycles. The number of rotatable bonds is 4. The molecule has 1 aromatic carbocycles. The van der Waals surface area contributed by atoms with E-state index in [0.29, 0.717) is 17.5 Å². The van der Waals surface area contributed by atoms with Crippen molar-refractivity contribution in [3.8, 4) is 0 Å². The second kappa shape index (κ2) is 6.28. The smallest absolute Gasteiger partial charge is 0.0950 e. The van der Waals surface area contributed by atoms with Crippen LogP contribution < -0.4 is 5.73 Å². The molecule has 1 unspecified atom stereocenters. The number of halogens is 1. The molecule has 0 amide bonds. The van der Waals surface area contributed by atoms with Crippen LogP contribution in [-0.4, -0.2) is 11.7 Å². The highest BCUT2D eigenvalue weighted by Crippen LogP contribution is 2.52. The van der Waals surface area contributed by atoms with Crippen LogP contribution in [-0.2, 0) is 5.60 Å².